The van der Waals surface area contributed by atoms with E-state index in [1.165, 1.54) is 99.4 Å². The molecule has 0 fully saturated rings. The zero-order chi connectivity index (χ0) is 33.8. The molecular weight excluding hydrogens is 601 g/mol. The molecule has 0 bridgehead atoms. The molecule has 0 aliphatic heterocycles. The summed E-state index contributed by atoms with van der Waals surface area (Å²) in [6, 6.07) is 48.6. The van der Waals surface area contributed by atoms with Crippen LogP contribution >= 0.6 is 0 Å². The van der Waals surface area contributed by atoms with Crippen LogP contribution in [-0.4, -0.2) is 0 Å². The van der Waals surface area contributed by atoms with Gasteiger partial charge in [-0.05, 0) is 130 Å². The number of rotatable bonds is 3. The van der Waals surface area contributed by atoms with Crippen molar-refractivity contribution in [3.05, 3.63) is 173 Å². The minimum atomic E-state index is -0.0547. The maximum Gasteiger partial charge on any atom is 0.0159 e. The highest BCUT2D eigenvalue weighted by Crippen LogP contribution is 2.52. The van der Waals surface area contributed by atoms with Crippen molar-refractivity contribution in [2.75, 3.05) is 0 Å². The van der Waals surface area contributed by atoms with Gasteiger partial charge in [0.05, 0.1) is 0 Å². The fourth-order valence-corrected chi connectivity index (χ4v) is 9.57. The summed E-state index contributed by atoms with van der Waals surface area (Å²) < 4.78 is 0. The average Bonchev–Trinajstić information content (AvgIpc) is 3.53. The molecule has 240 valence electrons. The first kappa shape index (κ1) is 29.5. The third kappa shape index (κ3) is 4.06. The molecule has 0 radical (unpaired) electrons. The summed E-state index contributed by atoms with van der Waals surface area (Å²) in [5, 5.41) is 5.31. The first-order chi connectivity index (χ1) is 24.3. The molecule has 0 atom stereocenters. The van der Waals surface area contributed by atoms with Crippen LogP contribution in [0.5, 0.6) is 0 Å². The Morgan fingerprint density at radius 1 is 0.420 bits per heavy atom. The molecule has 0 aromatic heterocycles. The van der Waals surface area contributed by atoms with Gasteiger partial charge in [-0.25, -0.2) is 0 Å². The summed E-state index contributed by atoms with van der Waals surface area (Å²) in [6.07, 6.45) is 9.01. The average molecular weight is 641 g/mol. The Morgan fingerprint density at radius 3 is 1.56 bits per heavy atom. The molecule has 0 nitrogen and oxygen atoms in total. The van der Waals surface area contributed by atoms with Crippen LogP contribution in [0.4, 0.5) is 0 Å². The van der Waals surface area contributed by atoms with Gasteiger partial charge in [-0.3, -0.25) is 0 Å². The van der Waals surface area contributed by atoms with Gasteiger partial charge in [0.1, 0.15) is 0 Å². The summed E-state index contributed by atoms with van der Waals surface area (Å²) in [5.41, 5.74) is 19.0. The molecule has 0 heteroatoms. The van der Waals surface area contributed by atoms with Gasteiger partial charge in [-0.1, -0.05) is 155 Å². The lowest BCUT2D eigenvalue weighted by Crippen LogP contribution is -2.14. The minimum Gasteiger partial charge on any atom is -0.0842 e. The lowest BCUT2D eigenvalue weighted by Gasteiger charge is -2.24. The van der Waals surface area contributed by atoms with E-state index in [1.807, 2.05) is 0 Å². The van der Waals surface area contributed by atoms with E-state index in [2.05, 4.69) is 173 Å². The van der Waals surface area contributed by atoms with Crippen LogP contribution in [0.1, 0.15) is 68.4 Å². The van der Waals surface area contributed by atoms with E-state index in [4.69, 9.17) is 0 Å². The van der Waals surface area contributed by atoms with Crippen LogP contribution in [0.2, 0.25) is 0 Å². The van der Waals surface area contributed by atoms with Crippen molar-refractivity contribution in [1.29, 1.82) is 0 Å². The molecule has 7 aromatic rings. The molecule has 0 amide bonds. The molecule has 3 aliphatic rings. The molecule has 0 saturated heterocycles. The van der Waals surface area contributed by atoms with E-state index >= 15 is 0 Å². The highest BCUT2D eigenvalue weighted by atomic mass is 14.4. The van der Waals surface area contributed by atoms with E-state index in [1.54, 1.807) is 0 Å². The van der Waals surface area contributed by atoms with Crippen LogP contribution in [-0.2, 0) is 10.8 Å². The summed E-state index contributed by atoms with van der Waals surface area (Å²) >= 11 is 0. The van der Waals surface area contributed by atoms with E-state index in [0.717, 1.165) is 12.8 Å². The summed E-state index contributed by atoms with van der Waals surface area (Å²) in [7, 11) is 0. The predicted octanol–water partition coefficient (Wildman–Crippen LogP) is 13.7. The largest absolute Gasteiger partial charge is 0.0842 e. The Hall–Kier alpha value is -5.46. The zero-order valence-corrected chi connectivity index (χ0v) is 29.3. The fourth-order valence-electron chi connectivity index (χ4n) is 9.57. The topological polar surface area (TPSA) is 0 Å². The Bertz CT molecular complexity index is 2640. The highest BCUT2D eigenvalue weighted by molar-refractivity contribution is 6.19. The third-order valence-electron chi connectivity index (χ3n) is 12.1. The predicted molar refractivity (Wildman–Crippen MR) is 214 cm³/mol. The second-order valence-corrected chi connectivity index (χ2v) is 15.6. The SMILES string of the molecule is CC1(C)c2ccccc2-c2ccc(-c3ccc4c(-c5ccc6c(c5)C(C)(C)c5ccccc5-6)c5ccccc5c(C5=CC=CCC5)c4c3)cc21. The maximum absolute atomic E-state index is 2.49. The molecule has 3 aliphatic carbocycles. The van der Waals surface area contributed by atoms with Crippen molar-refractivity contribution in [3.8, 4) is 44.5 Å². The van der Waals surface area contributed by atoms with Crippen LogP contribution < -0.4 is 0 Å². The fraction of sp³-hybridized carbons (Fsp3) is 0.160. The summed E-state index contributed by atoms with van der Waals surface area (Å²) in [6.45, 7) is 9.51. The monoisotopic (exact) mass is 640 g/mol. The van der Waals surface area contributed by atoms with Crippen molar-refractivity contribution in [2.45, 2.75) is 51.4 Å². The number of hydrogen-bond acceptors (Lipinski definition) is 0. The Morgan fingerprint density at radius 2 is 0.920 bits per heavy atom. The summed E-state index contributed by atoms with van der Waals surface area (Å²) in [5.74, 6) is 0. The van der Waals surface area contributed by atoms with Crippen molar-refractivity contribution in [3.63, 3.8) is 0 Å². The number of allylic oxidation sites excluding steroid dienone is 4. The zero-order valence-electron chi connectivity index (χ0n) is 29.3. The molecule has 0 N–H and O–H groups in total. The molecule has 0 unspecified atom stereocenters. The molecule has 7 aromatic carbocycles. The van der Waals surface area contributed by atoms with Gasteiger partial charge in [-0.15, -0.1) is 0 Å². The van der Waals surface area contributed by atoms with E-state index in [9.17, 15) is 0 Å². The van der Waals surface area contributed by atoms with E-state index < -0.39 is 0 Å². The van der Waals surface area contributed by atoms with Gasteiger partial charge in [0.15, 0.2) is 0 Å². The number of hydrogen-bond donors (Lipinski definition) is 0. The van der Waals surface area contributed by atoms with Gasteiger partial charge in [0.25, 0.3) is 0 Å². The summed E-state index contributed by atoms with van der Waals surface area (Å²) in [4.78, 5) is 0. The van der Waals surface area contributed by atoms with Crippen molar-refractivity contribution >= 4 is 27.1 Å². The molecule has 0 heterocycles. The molecule has 0 spiro atoms. The van der Waals surface area contributed by atoms with Crippen molar-refractivity contribution < 1.29 is 0 Å². The molecule has 50 heavy (non-hydrogen) atoms. The van der Waals surface area contributed by atoms with Crippen molar-refractivity contribution in [2.24, 2.45) is 0 Å². The van der Waals surface area contributed by atoms with Gasteiger partial charge in [0, 0.05) is 10.8 Å². The number of benzene rings is 7. The molecule has 0 saturated carbocycles. The quantitative estimate of drug-likeness (QED) is 0.169. The minimum absolute atomic E-state index is 0.0342. The second-order valence-electron chi connectivity index (χ2n) is 15.6. The van der Waals surface area contributed by atoms with Gasteiger partial charge in [-0.2, -0.15) is 0 Å². The standard InChI is InChI=1S/C50H40/c1-49(2)43-20-12-10-16-35(43)37-25-22-33(29-45(37)49)32-23-27-41-42(28-32)47(31-14-6-5-7-15-31)39-18-8-9-19-40(39)48(41)34-24-26-38-36-17-11-13-21-44(36)50(3,4)46(38)30-34/h5-6,8-14,16-30H,7,15H2,1-4H3. The smallest absolute Gasteiger partial charge is 0.0159 e. The van der Waals surface area contributed by atoms with Crippen LogP contribution in [0.25, 0.3) is 71.6 Å². The van der Waals surface area contributed by atoms with E-state index in [0.29, 0.717) is 0 Å². The molecule has 10 rings (SSSR count). The number of fused-ring (bicyclic) bond motifs is 8. The Balaban J connectivity index is 1.23. The maximum atomic E-state index is 2.49. The lowest BCUT2D eigenvalue weighted by atomic mass is 9.79. The Labute approximate surface area is 295 Å². The van der Waals surface area contributed by atoms with Crippen molar-refractivity contribution in [1.82, 2.24) is 0 Å². The van der Waals surface area contributed by atoms with Gasteiger partial charge in [0.2, 0.25) is 0 Å². The molecular formula is C50H40. The van der Waals surface area contributed by atoms with E-state index in [-0.39, 0.29) is 10.8 Å². The van der Waals surface area contributed by atoms with Crippen LogP contribution in [0.15, 0.2) is 146 Å². The lowest BCUT2D eigenvalue weighted by molar-refractivity contribution is 0.660. The normalized spacial score (nSPS) is 16.2. The third-order valence-corrected chi connectivity index (χ3v) is 12.1. The first-order valence-electron chi connectivity index (χ1n) is 18.2. The van der Waals surface area contributed by atoms with Gasteiger partial charge >= 0.3 is 0 Å². The first-order valence-corrected chi connectivity index (χ1v) is 18.2. The Kier molecular flexibility index (Phi) is 6.20. The van der Waals surface area contributed by atoms with Crippen LogP contribution in [0.3, 0.4) is 0 Å². The second kappa shape index (κ2) is 10.5. The van der Waals surface area contributed by atoms with Gasteiger partial charge < -0.3 is 0 Å². The highest BCUT2D eigenvalue weighted by Gasteiger charge is 2.36. The van der Waals surface area contributed by atoms with Crippen LogP contribution in [0, 0.1) is 0 Å².